The van der Waals surface area contributed by atoms with Crippen molar-refractivity contribution in [3.63, 3.8) is 0 Å². The van der Waals surface area contributed by atoms with Crippen LogP contribution in [0.4, 0.5) is 0 Å². The lowest BCUT2D eigenvalue weighted by Gasteiger charge is -2.47. The Morgan fingerprint density at radius 3 is 2.59 bits per heavy atom. The first-order chi connectivity index (χ1) is 12.9. The van der Waals surface area contributed by atoms with Crippen LogP contribution in [0.15, 0.2) is 30.3 Å². The van der Waals surface area contributed by atoms with Gasteiger partial charge < -0.3 is 9.47 Å². The highest BCUT2D eigenvalue weighted by molar-refractivity contribution is 6.03. The van der Waals surface area contributed by atoms with Gasteiger partial charge in [0.1, 0.15) is 11.5 Å². The molecule has 0 aromatic heterocycles. The van der Waals surface area contributed by atoms with E-state index in [0.717, 1.165) is 24.8 Å². The van der Waals surface area contributed by atoms with Gasteiger partial charge in [-0.05, 0) is 38.7 Å². The highest BCUT2D eigenvalue weighted by atomic mass is 16.5. The van der Waals surface area contributed by atoms with Gasteiger partial charge in [-0.2, -0.15) is 0 Å². The molecule has 0 heterocycles. The quantitative estimate of drug-likeness (QED) is 0.324. The maximum absolute atomic E-state index is 13.1. The number of Topliss-reactive ketones (excluding diaryl/α,β-unsaturated/α-hetero) is 1. The summed E-state index contributed by atoms with van der Waals surface area (Å²) in [5.41, 5.74) is -0.776. The van der Waals surface area contributed by atoms with Crippen LogP contribution in [0.5, 0.6) is 0 Å². The average Bonchev–Trinajstić information content (AvgIpc) is 2.68. The van der Waals surface area contributed by atoms with Crippen LogP contribution >= 0.6 is 0 Å². The van der Waals surface area contributed by atoms with Gasteiger partial charge >= 0.3 is 5.97 Å². The fraction of sp³-hybridized carbons (Fsp3) is 0.565. The van der Waals surface area contributed by atoms with E-state index in [1.165, 1.54) is 7.11 Å². The van der Waals surface area contributed by atoms with Gasteiger partial charge in [0, 0.05) is 6.42 Å². The van der Waals surface area contributed by atoms with Crippen LogP contribution in [0.1, 0.15) is 58.4 Å². The monoisotopic (exact) mass is 370 g/mol. The minimum atomic E-state index is -0.905. The van der Waals surface area contributed by atoms with E-state index in [0.29, 0.717) is 19.4 Å². The zero-order valence-corrected chi connectivity index (χ0v) is 16.8. The van der Waals surface area contributed by atoms with Gasteiger partial charge in [0.15, 0.2) is 5.78 Å². The third-order valence-electron chi connectivity index (χ3n) is 5.49. The second kappa shape index (κ2) is 9.19. The lowest BCUT2D eigenvalue weighted by atomic mass is 9.61. The largest absolute Gasteiger partial charge is 0.468 e. The van der Waals surface area contributed by atoms with Crippen LogP contribution in [0.25, 0.3) is 0 Å². The molecule has 0 saturated heterocycles. The summed E-state index contributed by atoms with van der Waals surface area (Å²) in [5, 5.41) is 0. The first-order valence-corrected chi connectivity index (χ1v) is 9.68. The van der Waals surface area contributed by atoms with Gasteiger partial charge in [0.05, 0.1) is 19.1 Å². The number of hydrogen-bond donors (Lipinski definition) is 0. The standard InChI is InChI=1S/C23H30O4/c1-5-6-7-11-15-23(27-17-18-12-9-8-10-13-18)16-14-19(21(25)26-4)20(24)22(23,2)3/h8-10,12-13,19H,5-7,14,16-17H2,1-4H3. The van der Waals surface area contributed by atoms with E-state index >= 15 is 0 Å². The molecule has 0 radical (unpaired) electrons. The Labute approximate surface area is 162 Å². The number of esters is 1. The maximum atomic E-state index is 13.1. The molecule has 1 fully saturated rings. The van der Waals surface area contributed by atoms with E-state index < -0.39 is 22.9 Å². The first kappa shape index (κ1) is 21.2. The van der Waals surface area contributed by atoms with Crippen molar-refractivity contribution in [3.05, 3.63) is 35.9 Å². The van der Waals surface area contributed by atoms with E-state index in [4.69, 9.17) is 9.47 Å². The molecule has 0 N–H and O–H groups in total. The molecule has 2 atom stereocenters. The van der Waals surface area contributed by atoms with Gasteiger partial charge in [-0.1, -0.05) is 49.6 Å². The zero-order chi connectivity index (χ0) is 19.9. The molecule has 1 aliphatic rings. The minimum Gasteiger partial charge on any atom is -0.468 e. The number of ether oxygens (including phenoxy) is 2. The normalized spacial score (nSPS) is 24.0. The topological polar surface area (TPSA) is 52.6 Å². The van der Waals surface area contributed by atoms with Crippen LogP contribution < -0.4 is 0 Å². The summed E-state index contributed by atoms with van der Waals surface area (Å²) in [6.07, 6.45) is 3.78. The number of rotatable bonds is 6. The molecule has 2 unspecified atom stereocenters. The smallest absolute Gasteiger partial charge is 0.316 e. The van der Waals surface area contributed by atoms with E-state index in [2.05, 4.69) is 18.8 Å². The third kappa shape index (κ3) is 4.59. The van der Waals surface area contributed by atoms with Crippen molar-refractivity contribution in [2.24, 2.45) is 11.3 Å². The molecule has 1 aliphatic carbocycles. The van der Waals surface area contributed by atoms with Gasteiger partial charge in [-0.25, -0.2) is 0 Å². The van der Waals surface area contributed by atoms with Crippen LogP contribution in [0, 0.1) is 23.2 Å². The second-order valence-corrected chi connectivity index (χ2v) is 7.61. The number of unbranched alkanes of at least 4 members (excludes halogenated alkanes) is 2. The highest BCUT2D eigenvalue weighted by Crippen LogP contribution is 2.46. The summed E-state index contributed by atoms with van der Waals surface area (Å²) in [6.45, 7) is 6.18. The minimum absolute atomic E-state index is 0.154. The molecular formula is C23H30O4. The molecule has 27 heavy (non-hydrogen) atoms. The molecule has 2 rings (SSSR count). The van der Waals surface area contributed by atoms with Crippen LogP contribution in [-0.2, 0) is 25.7 Å². The molecule has 4 heteroatoms. The predicted octanol–water partition coefficient (Wildman–Crippen LogP) is 4.31. The number of benzene rings is 1. The Kier molecular flexibility index (Phi) is 7.21. The summed E-state index contributed by atoms with van der Waals surface area (Å²) in [4.78, 5) is 25.1. The molecule has 0 bridgehead atoms. The van der Waals surface area contributed by atoms with Crippen molar-refractivity contribution < 1.29 is 19.1 Å². The van der Waals surface area contributed by atoms with Gasteiger partial charge in [-0.3, -0.25) is 9.59 Å². The van der Waals surface area contributed by atoms with Gasteiger partial charge in [0.25, 0.3) is 0 Å². The number of methoxy groups -OCH3 is 1. The summed E-state index contributed by atoms with van der Waals surface area (Å²) in [6, 6.07) is 9.87. The summed E-state index contributed by atoms with van der Waals surface area (Å²) >= 11 is 0. The zero-order valence-electron chi connectivity index (χ0n) is 16.8. The molecule has 1 aromatic carbocycles. The Morgan fingerprint density at radius 2 is 1.96 bits per heavy atom. The first-order valence-electron chi connectivity index (χ1n) is 9.68. The Balaban J connectivity index is 2.31. The van der Waals surface area contributed by atoms with Crippen LogP contribution in [0.3, 0.4) is 0 Å². The average molecular weight is 370 g/mol. The lowest BCUT2D eigenvalue weighted by molar-refractivity contribution is -0.170. The van der Waals surface area contributed by atoms with E-state index in [1.54, 1.807) is 0 Å². The van der Waals surface area contributed by atoms with Gasteiger partial charge in [0.2, 0.25) is 0 Å². The lowest BCUT2D eigenvalue weighted by Crippen LogP contribution is -2.57. The van der Waals surface area contributed by atoms with E-state index in [1.807, 2.05) is 44.2 Å². The summed E-state index contributed by atoms with van der Waals surface area (Å²) in [7, 11) is 1.32. The van der Waals surface area contributed by atoms with Crippen molar-refractivity contribution in [2.45, 2.75) is 65.1 Å². The molecule has 1 aromatic rings. The highest BCUT2D eigenvalue weighted by Gasteiger charge is 2.57. The Bertz CT molecular complexity index is 711. The van der Waals surface area contributed by atoms with Crippen molar-refractivity contribution in [1.82, 2.24) is 0 Å². The Morgan fingerprint density at radius 1 is 1.26 bits per heavy atom. The SMILES string of the molecule is CCCCC#CC1(OCc2ccccc2)CCC(C(=O)OC)C(=O)C1(C)C. The number of carbonyl (C=O) groups excluding carboxylic acids is 2. The number of carbonyl (C=O) groups is 2. The van der Waals surface area contributed by atoms with Crippen LogP contribution in [0.2, 0.25) is 0 Å². The fourth-order valence-corrected chi connectivity index (χ4v) is 3.55. The van der Waals surface area contributed by atoms with Crippen LogP contribution in [-0.4, -0.2) is 24.5 Å². The van der Waals surface area contributed by atoms with E-state index in [-0.39, 0.29) is 5.78 Å². The Hall–Kier alpha value is -2.12. The summed E-state index contributed by atoms with van der Waals surface area (Å²) < 4.78 is 11.2. The summed E-state index contributed by atoms with van der Waals surface area (Å²) in [5.74, 6) is 5.15. The van der Waals surface area contributed by atoms with E-state index in [9.17, 15) is 9.59 Å². The fourth-order valence-electron chi connectivity index (χ4n) is 3.55. The molecular weight excluding hydrogens is 340 g/mol. The third-order valence-corrected chi connectivity index (χ3v) is 5.49. The molecule has 146 valence electrons. The van der Waals surface area contributed by atoms with Crippen molar-refractivity contribution in [2.75, 3.05) is 7.11 Å². The number of ketones is 1. The molecule has 4 nitrogen and oxygen atoms in total. The van der Waals surface area contributed by atoms with Crippen molar-refractivity contribution in [1.29, 1.82) is 0 Å². The molecule has 0 amide bonds. The second-order valence-electron chi connectivity index (χ2n) is 7.61. The molecule has 0 aliphatic heterocycles. The van der Waals surface area contributed by atoms with Gasteiger partial charge in [-0.15, -0.1) is 5.92 Å². The van der Waals surface area contributed by atoms with Crippen molar-refractivity contribution in [3.8, 4) is 11.8 Å². The predicted molar refractivity (Wildman–Crippen MR) is 105 cm³/mol. The maximum Gasteiger partial charge on any atom is 0.316 e. The van der Waals surface area contributed by atoms with Crippen molar-refractivity contribution >= 4 is 11.8 Å². The molecule has 0 spiro atoms. The number of hydrogen-bond acceptors (Lipinski definition) is 4. The molecule has 1 saturated carbocycles.